The zero-order valence-corrected chi connectivity index (χ0v) is 41.7. The molecule has 2 atom stereocenters. The number of thiazole rings is 1. The molecule has 1 amide bonds. The number of carbonyl (C=O) groups is 2. The van der Waals surface area contributed by atoms with Crippen LogP contribution in [0, 0.1) is 31.6 Å². The highest BCUT2D eigenvalue weighted by Gasteiger charge is 2.24. The molecule has 0 aliphatic carbocycles. The Labute approximate surface area is 401 Å². The first-order valence-corrected chi connectivity index (χ1v) is 22.1. The fourth-order valence-electron chi connectivity index (χ4n) is 4.28. The van der Waals surface area contributed by atoms with Gasteiger partial charge in [0.15, 0.2) is 5.78 Å². The lowest BCUT2D eigenvalue weighted by atomic mass is 10.0. The molecule has 0 bridgehead atoms. The van der Waals surface area contributed by atoms with Crippen LogP contribution in [0.3, 0.4) is 0 Å². The van der Waals surface area contributed by atoms with Gasteiger partial charge in [-0.2, -0.15) is 18.8 Å². The molecule has 23 heteroatoms. The summed E-state index contributed by atoms with van der Waals surface area (Å²) in [7, 11) is 0. The van der Waals surface area contributed by atoms with Crippen LogP contribution >= 0.6 is 92.6 Å². The molecule has 0 aliphatic rings. The fraction of sp³-hybridized carbons (Fsp3) is 0.270. The van der Waals surface area contributed by atoms with Crippen LogP contribution in [0.4, 0.5) is 16.2 Å². The summed E-state index contributed by atoms with van der Waals surface area (Å²) in [6, 6.07) is 21.0. The van der Waals surface area contributed by atoms with E-state index in [-0.39, 0.29) is 65.4 Å². The van der Waals surface area contributed by atoms with Gasteiger partial charge in [0.2, 0.25) is 0 Å². The van der Waals surface area contributed by atoms with Crippen LogP contribution < -0.4 is 16.8 Å². The van der Waals surface area contributed by atoms with E-state index < -0.39 is 27.6 Å². The molecule has 5 rings (SSSR count). The zero-order valence-electron chi connectivity index (χ0n) is 32.5. The highest BCUT2D eigenvalue weighted by atomic mass is 79.9. The van der Waals surface area contributed by atoms with Gasteiger partial charge in [-0.3, -0.25) is 25.0 Å². The number of thiophene rings is 2. The molecule has 324 valence electrons. The van der Waals surface area contributed by atoms with E-state index in [4.69, 9.17) is 33.7 Å². The van der Waals surface area contributed by atoms with Crippen molar-refractivity contribution in [2.45, 2.75) is 58.2 Å². The maximum absolute atomic E-state index is 12.0. The second-order valence-corrected chi connectivity index (χ2v) is 16.0. The summed E-state index contributed by atoms with van der Waals surface area (Å²) in [6.45, 7) is 6.61. The number of nitriles is 1. The van der Waals surface area contributed by atoms with Crippen molar-refractivity contribution in [1.29, 1.82) is 5.26 Å². The van der Waals surface area contributed by atoms with Gasteiger partial charge in [0.05, 0.1) is 48.8 Å². The summed E-state index contributed by atoms with van der Waals surface area (Å²) in [6.07, 6.45) is 0.145. The molecule has 2 aromatic carbocycles. The van der Waals surface area contributed by atoms with E-state index in [2.05, 4.69) is 48.6 Å². The number of nitrogens with zero attached hydrogens (tertiary/aromatic N) is 4. The minimum atomic E-state index is -0.773. The molecule has 0 saturated carbocycles. The van der Waals surface area contributed by atoms with Gasteiger partial charge in [-0.05, 0) is 67.6 Å². The maximum atomic E-state index is 12.0. The molecule has 0 spiro atoms. The smallest absolute Gasteiger partial charge is 0.408 e. The quantitative estimate of drug-likeness (QED) is 0.0457. The second-order valence-electron chi connectivity index (χ2n) is 12.3. The van der Waals surface area contributed by atoms with Gasteiger partial charge >= 0.3 is 6.09 Å². The molecule has 0 aliphatic heterocycles. The number of alkyl carbamates (subject to hydrolysis) is 1. The first kappa shape index (κ1) is 58.4. The van der Waals surface area contributed by atoms with Gasteiger partial charge in [0.1, 0.15) is 15.6 Å². The van der Waals surface area contributed by atoms with Crippen LogP contribution in [0.15, 0.2) is 88.9 Å². The fourth-order valence-corrected chi connectivity index (χ4v) is 7.16. The average Bonchev–Trinajstić information content (AvgIpc) is 4.00. The molecule has 5 N–H and O–H groups in total. The van der Waals surface area contributed by atoms with E-state index in [0.717, 1.165) is 26.0 Å². The molecule has 3 heterocycles. The van der Waals surface area contributed by atoms with E-state index in [0.29, 0.717) is 17.0 Å². The number of aromatic nitrogens is 1. The van der Waals surface area contributed by atoms with E-state index in [1.807, 2.05) is 40.4 Å². The number of nitro benzene ring substituents is 2. The van der Waals surface area contributed by atoms with Gasteiger partial charge < -0.3 is 21.5 Å². The van der Waals surface area contributed by atoms with Gasteiger partial charge in [-0.25, -0.2) is 9.78 Å². The lowest BCUT2D eigenvalue weighted by Gasteiger charge is -2.23. The predicted molar refractivity (Wildman–Crippen MR) is 265 cm³/mol. The van der Waals surface area contributed by atoms with Crippen molar-refractivity contribution in [1.82, 2.24) is 10.3 Å². The molecule has 0 fully saturated rings. The van der Waals surface area contributed by atoms with Crippen LogP contribution in [-0.2, 0) is 44.7 Å². The van der Waals surface area contributed by atoms with Gasteiger partial charge in [-0.1, -0.05) is 64.5 Å². The molecular formula is C37H43Br2N7O7S7. The summed E-state index contributed by atoms with van der Waals surface area (Å²) in [5.41, 5.74) is 13.4. The number of carbonyl (C=O) groups excluding carboxylic acids is 2. The number of thiocarbonyl (C=S) groups is 1. The molecular weight excluding hydrogens is 1040 g/mol. The van der Waals surface area contributed by atoms with Crippen molar-refractivity contribution in [2.24, 2.45) is 11.5 Å². The minimum absolute atomic E-state index is 0. The summed E-state index contributed by atoms with van der Waals surface area (Å²) >= 11 is 19.9. The standard InChI is InChI=1S/C15H19BrN2O5.C15H13N3O2S2.C5H5NS2.C2H3N.BrH.S2.H2S/c1-15(2,3)23-14(20)17-12(13(19)9-16)8-10-4-6-11(7-5-10)18(21)22;16-12(8-10-3-5-11(6-4-10)18(19)20)13-9-22-15(17-13)14-2-1-7-21-14;6-5(7)4-2-1-3-8-4;1-2-3;;1-2;/h4-7,12H,8-9H2,1-3H3,(H,17,20);1-7,9,12H,8,16H2;1-3H,(H2,6,7);1H3;1H;;1H2/t2*12-;;;;;/m11...../s1. The Morgan fingerprint density at radius 1 is 0.933 bits per heavy atom. The molecule has 0 radical (unpaired) electrons. The van der Waals surface area contributed by atoms with Crippen molar-refractivity contribution >= 4 is 143 Å². The Morgan fingerprint density at radius 2 is 1.42 bits per heavy atom. The third-order valence-electron chi connectivity index (χ3n) is 6.80. The Kier molecular flexibility index (Phi) is 30.4. The number of halogens is 2. The molecule has 3 aromatic heterocycles. The molecule has 0 saturated heterocycles. The van der Waals surface area contributed by atoms with Crippen LogP contribution in [0.1, 0.15) is 55.4 Å². The predicted octanol–water partition coefficient (Wildman–Crippen LogP) is 9.61. The number of nitro groups is 2. The largest absolute Gasteiger partial charge is 0.444 e. The monoisotopic (exact) mass is 1080 g/mol. The van der Waals surface area contributed by atoms with Crippen molar-refractivity contribution in [3.63, 3.8) is 0 Å². The number of alkyl halides is 1. The SMILES string of the molecule is Br.CC#N.CC(C)(C)OC(=O)N[C@H](Cc1ccc([N+](=O)[O-])cc1)C(=O)CBr.NC(=S)c1cccs1.N[C@H](Cc1ccc([N+](=O)[O-])cc1)c1csc(-c2cccs2)n1.S.S=S. The van der Waals surface area contributed by atoms with Crippen molar-refractivity contribution < 1.29 is 24.2 Å². The number of nitrogens with two attached hydrogens (primary N) is 2. The number of hydrogen-bond acceptors (Lipinski definition) is 16. The lowest BCUT2D eigenvalue weighted by Crippen LogP contribution is -2.45. The van der Waals surface area contributed by atoms with Crippen molar-refractivity contribution in [3.05, 3.63) is 131 Å². The number of amides is 1. The Bertz CT molecular complexity index is 2080. The van der Waals surface area contributed by atoms with E-state index in [9.17, 15) is 29.8 Å². The highest BCUT2D eigenvalue weighted by molar-refractivity contribution is 9.09. The lowest BCUT2D eigenvalue weighted by molar-refractivity contribution is -0.385. The number of ketones is 1. The number of rotatable bonds is 12. The summed E-state index contributed by atoms with van der Waals surface area (Å²) < 4.78 is 5.14. The number of non-ortho nitro benzene ring substituents is 2. The van der Waals surface area contributed by atoms with Crippen LogP contribution in [-0.4, -0.2) is 48.7 Å². The number of nitrogens with one attached hydrogen (secondary N) is 1. The Balaban J connectivity index is 0. The number of benzene rings is 2. The van der Waals surface area contributed by atoms with Gasteiger partial charge in [0.25, 0.3) is 11.4 Å². The number of Topliss-reactive ketones (excluding diaryl/α,β-unsaturated/α-hetero) is 1. The number of hydrogen-bond donors (Lipinski definition) is 3. The molecule has 60 heavy (non-hydrogen) atoms. The van der Waals surface area contributed by atoms with Gasteiger partial charge in [-0.15, -0.1) is 51.0 Å². The average molecular weight is 1080 g/mol. The third-order valence-corrected chi connectivity index (χ3v) is 10.5. The topological polar surface area (TPSA) is 230 Å². The van der Waals surface area contributed by atoms with Gasteiger partial charge in [0, 0.05) is 58.9 Å². The van der Waals surface area contributed by atoms with Crippen LogP contribution in [0.5, 0.6) is 0 Å². The second kappa shape index (κ2) is 31.2. The van der Waals surface area contributed by atoms with E-state index >= 15 is 0 Å². The van der Waals surface area contributed by atoms with Crippen molar-refractivity contribution in [3.8, 4) is 16.0 Å². The van der Waals surface area contributed by atoms with Crippen molar-refractivity contribution in [2.75, 3.05) is 5.33 Å². The third kappa shape index (κ3) is 22.8. The number of ether oxygens (including phenoxy) is 1. The van der Waals surface area contributed by atoms with E-state index in [1.54, 1.807) is 85.1 Å². The molecule has 14 nitrogen and oxygen atoms in total. The van der Waals surface area contributed by atoms with E-state index in [1.165, 1.54) is 31.2 Å². The molecule has 0 unspecified atom stereocenters. The summed E-state index contributed by atoms with van der Waals surface area (Å²) in [4.78, 5) is 51.4. The minimum Gasteiger partial charge on any atom is -0.444 e. The first-order chi connectivity index (χ1) is 27.5. The Morgan fingerprint density at radius 3 is 1.80 bits per heavy atom. The first-order valence-electron chi connectivity index (χ1n) is 16.6. The highest BCUT2D eigenvalue weighted by Crippen LogP contribution is 2.30. The zero-order chi connectivity index (χ0) is 43.8. The molecule has 5 aromatic rings. The Hall–Kier alpha value is -3.70. The van der Waals surface area contributed by atoms with Crippen LogP contribution in [0.25, 0.3) is 9.88 Å². The van der Waals surface area contributed by atoms with Crippen LogP contribution in [0.2, 0.25) is 0 Å². The normalized spacial score (nSPS) is 10.6. The summed E-state index contributed by atoms with van der Waals surface area (Å²) in [5.74, 6) is -0.214. The maximum Gasteiger partial charge on any atom is 0.408 e. The summed E-state index contributed by atoms with van der Waals surface area (Å²) in [5, 5.41) is 38.1.